The molecule has 2 aliphatic carbocycles. The summed E-state index contributed by atoms with van der Waals surface area (Å²) in [6, 6.07) is 7.97. The minimum atomic E-state index is -0.389. The highest BCUT2D eigenvalue weighted by molar-refractivity contribution is 8.04. The average molecular weight is 442 g/mol. The van der Waals surface area contributed by atoms with Gasteiger partial charge in [-0.15, -0.1) is 23.5 Å². The second-order valence-electron chi connectivity index (χ2n) is 7.72. The SMILES string of the molecule is CC(C)c1ccc(NC(=O)OC(CSC2=CCCC=C2)CSC2=CCCC=C2)cc1. The third-order valence-corrected chi connectivity index (χ3v) is 7.24. The van der Waals surface area contributed by atoms with E-state index in [-0.39, 0.29) is 12.2 Å². The number of carbonyl (C=O) groups excluding carboxylic acids is 1. The molecule has 0 fully saturated rings. The van der Waals surface area contributed by atoms with E-state index in [1.807, 2.05) is 24.3 Å². The number of ether oxygens (including phenoxy) is 1. The minimum absolute atomic E-state index is 0.164. The predicted molar refractivity (Wildman–Crippen MR) is 132 cm³/mol. The highest BCUT2D eigenvalue weighted by Crippen LogP contribution is 2.28. The van der Waals surface area contributed by atoms with E-state index in [9.17, 15) is 4.79 Å². The van der Waals surface area contributed by atoms with Gasteiger partial charge in [0.1, 0.15) is 6.10 Å². The maximum atomic E-state index is 12.5. The van der Waals surface area contributed by atoms with Crippen LogP contribution in [0.4, 0.5) is 10.5 Å². The van der Waals surface area contributed by atoms with E-state index in [2.05, 4.69) is 55.6 Å². The molecular formula is C25H31NO2S2. The maximum absolute atomic E-state index is 12.5. The van der Waals surface area contributed by atoms with Crippen LogP contribution in [0.2, 0.25) is 0 Å². The molecule has 2 aliphatic rings. The zero-order chi connectivity index (χ0) is 21.2. The number of amides is 1. The first-order valence-electron chi connectivity index (χ1n) is 10.7. The number of hydrogen-bond donors (Lipinski definition) is 1. The van der Waals surface area contributed by atoms with Gasteiger partial charge in [-0.05, 0) is 49.3 Å². The van der Waals surface area contributed by atoms with Crippen LogP contribution in [0.15, 0.2) is 70.5 Å². The Morgan fingerprint density at radius 2 is 1.50 bits per heavy atom. The Morgan fingerprint density at radius 3 is 1.97 bits per heavy atom. The second kappa shape index (κ2) is 12.1. The highest BCUT2D eigenvalue weighted by atomic mass is 32.2. The number of thioether (sulfide) groups is 2. The fourth-order valence-corrected chi connectivity index (χ4v) is 5.27. The molecule has 0 spiro atoms. The highest BCUT2D eigenvalue weighted by Gasteiger charge is 2.17. The molecule has 0 aliphatic heterocycles. The zero-order valence-corrected chi connectivity index (χ0v) is 19.4. The summed E-state index contributed by atoms with van der Waals surface area (Å²) < 4.78 is 5.82. The number of nitrogens with one attached hydrogen (secondary N) is 1. The van der Waals surface area contributed by atoms with Crippen LogP contribution < -0.4 is 5.32 Å². The molecule has 0 saturated carbocycles. The first kappa shape index (κ1) is 22.8. The lowest BCUT2D eigenvalue weighted by Crippen LogP contribution is -2.26. The Hall–Kier alpha value is -1.85. The van der Waals surface area contributed by atoms with Gasteiger partial charge in [-0.3, -0.25) is 5.32 Å². The van der Waals surface area contributed by atoms with Gasteiger partial charge in [0.2, 0.25) is 0 Å². The van der Waals surface area contributed by atoms with Gasteiger partial charge in [0.15, 0.2) is 0 Å². The van der Waals surface area contributed by atoms with Crippen molar-refractivity contribution in [2.75, 3.05) is 16.8 Å². The third-order valence-electron chi connectivity index (χ3n) is 4.89. The van der Waals surface area contributed by atoms with Crippen LogP contribution in [-0.2, 0) is 4.74 Å². The molecule has 160 valence electrons. The largest absolute Gasteiger partial charge is 0.444 e. The fraction of sp³-hybridized carbons (Fsp3) is 0.400. The molecule has 0 bridgehead atoms. The van der Waals surface area contributed by atoms with Crippen LogP contribution in [0.25, 0.3) is 0 Å². The molecule has 30 heavy (non-hydrogen) atoms. The summed E-state index contributed by atoms with van der Waals surface area (Å²) in [4.78, 5) is 15.1. The quantitative estimate of drug-likeness (QED) is 0.427. The molecule has 0 radical (unpaired) electrons. The monoisotopic (exact) mass is 441 g/mol. The Bertz CT molecular complexity index is 786. The smallest absolute Gasteiger partial charge is 0.411 e. The first-order valence-corrected chi connectivity index (χ1v) is 12.6. The van der Waals surface area contributed by atoms with E-state index >= 15 is 0 Å². The van der Waals surface area contributed by atoms with Crippen molar-refractivity contribution in [2.45, 2.75) is 51.6 Å². The average Bonchev–Trinajstić information content (AvgIpc) is 2.77. The molecule has 0 heterocycles. The van der Waals surface area contributed by atoms with Crippen molar-refractivity contribution in [3.05, 3.63) is 76.1 Å². The van der Waals surface area contributed by atoms with Crippen molar-refractivity contribution in [3.63, 3.8) is 0 Å². The van der Waals surface area contributed by atoms with Crippen LogP contribution in [0, 0.1) is 0 Å². The van der Waals surface area contributed by atoms with E-state index in [0.29, 0.717) is 5.92 Å². The van der Waals surface area contributed by atoms with Gasteiger partial charge in [-0.1, -0.05) is 62.4 Å². The van der Waals surface area contributed by atoms with Crippen LogP contribution >= 0.6 is 23.5 Å². The molecule has 0 aromatic heterocycles. The summed E-state index contributed by atoms with van der Waals surface area (Å²) in [5, 5.41) is 2.88. The van der Waals surface area contributed by atoms with Crippen molar-refractivity contribution < 1.29 is 9.53 Å². The lowest BCUT2D eigenvalue weighted by Gasteiger charge is -2.19. The number of benzene rings is 1. The van der Waals surface area contributed by atoms with Crippen LogP contribution in [-0.4, -0.2) is 23.7 Å². The van der Waals surface area contributed by atoms with Gasteiger partial charge in [-0.25, -0.2) is 4.79 Å². The van der Waals surface area contributed by atoms with Crippen molar-refractivity contribution in [2.24, 2.45) is 0 Å². The Balaban J connectivity index is 1.55. The third kappa shape index (κ3) is 7.77. The fourth-order valence-electron chi connectivity index (χ4n) is 3.14. The Morgan fingerprint density at radius 1 is 0.933 bits per heavy atom. The van der Waals surface area contributed by atoms with E-state index in [1.165, 1.54) is 15.4 Å². The summed E-state index contributed by atoms with van der Waals surface area (Å²) in [6.45, 7) is 4.31. The van der Waals surface area contributed by atoms with Gasteiger partial charge in [0, 0.05) is 27.0 Å². The van der Waals surface area contributed by atoms with Crippen LogP contribution in [0.5, 0.6) is 0 Å². The second-order valence-corrected chi connectivity index (χ2v) is 9.91. The van der Waals surface area contributed by atoms with Crippen LogP contribution in [0.1, 0.15) is 51.0 Å². The van der Waals surface area contributed by atoms with Gasteiger partial charge in [-0.2, -0.15) is 0 Å². The normalized spacial score (nSPS) is 15.9. The lowest BCUT2D eigenvalue weighted by atomic mass is 10.0. The zero-order valence-electron chi connectivity index (χ0n) is 17.8. The summed E-state index contributed by atoms with van der Waals surface area (Å²) in [5.41, 5.74) is 2.02. The molecule has 3 nitrogen and oxygen atoms in total. The summed E-state index contributed by atoms with van der Waals surface area (Å²) >= 11 is 3.53. The molecule has 0 atom stereocenters. The van der Waals surface area contributed by atoms with E-state index < -0.39 is 0 Å². The molecular weight excluding hydrogens is 410 g/mol. The summed E-state index contributed by atoms with van der Waals surface area (Å²) in [7, 11) is 0. The van der Waals surface area contributed by atoms with E-state index in [4.69, 9.17) is 4.74 Å². The summed E-state index contributed by atoms with van der Waals surface area (Å²) in [6.07, 6.45) is 17.1. The Kier molecular flexibility index (Phi) is 9.22. The number of allylic oxidation sites excluding steroid dienone is 6. The summed E-state index contributed by atoms with van der Waals surface area (Å²) in [5.74, 6) is 1.97. The predicted octanol–water partition coefficient (Wildman–Crippen LogP) is 7.66. The molecule has 3 rings (SSSR count). The van der Waals surface area contributed by atoms with Gasteiger partial charge < -0.3 is 4.74 Å². The number of rotatable bonds is 9. The van der Waals surface area contributed by atoms with E-state index in [0.717, 1.165) is 42.9 Å². The van der Waals surface area contributed by atoms with Crippen LogP contribution in [0.3, 0.4) is 0 Å². The molecule has 5 heteroatoms. The number of hydrogen-bond acceptors (Lipinski definition) is 4. The van der Waals surface area contributed by atoms with E-state index in [1.54, 1.807) is 23.5 Å². The topological polar surface area (TPSA) is 38.3 Å². The molecule has 1 amide bonds. The molecule has 0 unspecified atom stereocenters. The molecule has 1 aromatic carbocycles. The van der Waals surface area contributed by atoms with Gasteiger partial charge in [0.05, 0.1) is 0 Å². The Labute approximate surface area is 189 Å². The number of anilines is 1. The standard InChI is InChI=1S/C25H31NO2S2/c1-19(2)20-13-15-21(16-14-20)26-25(27)28-22(17-29-23-9-5-3-6-10-23)18-30-24-11-7-4-8-12-24/h5,7,9-16,19,22H,3-4,6,8,17-18H2,1-2H3,(H,26,27). The molecule has 1 aromatic rings. The molecule has 0 saturated heterocycles. The van der Waals surface area contributed by atoms with Crippen molar-refractivity contribution >= 4 is 35.3 Å². The van der Waals surface area contributed by atoms with Gasteiger partial charge in [0.25, 0.3) is 0 Å². The molecule has 1 N–H and O–H groups in total. The first-order chi connectivity index (χ1) is 14.6. The minimum Gasteiger partial charge on any atom is -0.444 e. The van der Waals surface area contributed by atoms with Crippen molar-refractivity contribution in [1.29, 1.82) is 0 Å². The van der Waals surface area contributed by atoms with Crippen molar-refractivity contribution in [1.82, 2.24) is 0 Å². The number of carbonyl (C=O) groups is 1. The maximum Gasteiger partial charge on any atom is 0.411 e. The van der Waals surface area contributed by atoms with Crippen molar-refractivity contribution in [3.8, 4) is 0 Å². The lowest BCUT2D eigenvalue weighted by molar-refractivity contribution is 0.134. The van der Waals surface area contributed by atoms with Gasteiger partial charge >= 0.3 is 6.09 Å².